The molecule has 0 bridgehead atoms. The summed E-state index contributed by atoms with van der Waals surface area (Å²) in [7, 11) is 0. The first-order valence-corrected chi connectivity index (χ1v) is 6.33. The first-order valence-electron chi connectivity index (χ1n) is 6.33. The Bertz CT molecular complexity index is 575. The molecule has 18 heavy (non-hydrogen) atoms. The van der Waals surface area contributed by atoms with Crippen LogP contribution in [0.3, 0.4) is 0 Å². The minimum atomic E-state index is 0.345. The highest BCUT2D eigenvalue weighted by Crippen LogP contribution is 2.40. The molecular weight excluding hydrogens is 230 g/mol. The molecule has 2 fully saturated rings. The summed E-state index contributed by atoms with van der Waals surface area (Å²) in [5.74, 6) is 0.973. The van der Waals surface area contributed by atoms with Gasteiger partial charge >= 0.3 is 0 Å². The number of nitrogens with zero attached hydrogens (tertiary/aromatic N) is 4. The van der Waals surface area contributed by atoms with E-state index in [0.29, 0.717) is 5.41 Å². The number of ether oxygens (including phenoxy) is 1. The van der Waals surface area contributed by atoms with Gasteiger partial charge in [-0.1, -0.05) is 0 Å². The van der Waals surface area contributed by atoms with Gasteiger partial charge in [-0.15, -0.1) is 0 Å². The van der Waals surface area contributed by atoms with Gasteiger partial charge in [-0.25, -0.2) is 15.0 Å². The molecule has 4 rings (SSSR count). The number of hydrogen-bond acceptors (Lipinski definition) is 5. The zero-order chi connectivity index (χ0) is 12.0. The van der Waals surface area contributed by atoms with E-state index in [2.05, 4.69) is 24.8 Å². The van der Waals surface area contributed by atoms with E-state index in [-0.39, 0.29) is 0 Å². The largest absolute Gasteiger partial charge is 0.381 e. The lowest BCUT2D eigenvalue weighted by Crippen LogP contribution is -2.28. The fourth-order valence-corrected chi connectivity index (χ4v) is 3.08. The second-order valence-corrected chi connectivity index (χ2v) is 5.27. The Balaban J connectivity index is 1.70. The average Bonchev–Trinajstić information content (AvgIpc) is 3.11. The average molecular weight is 245 g/mol. The molecule has 1 N–H and O–H groups in total. The monoisotopic (exact) mass is 245 g/mol. The molecule has 2 aliphatic heterocycles. The van der Waals surface area contributed by atoms with Crippen LogP contribution < -0.4 is 4.90 Å². The molecule has 2 aromatic rings. The van der Waals surface area contributed by atoms with E-state index in [1.165, 1.54) is 12.8 Å². The molecule has 2 saturated heterocycles. The van der Waals surface area contributed by atoms with Crippen LogP contribution in [0, 0.1) is 5.41 Å². The highest BCUT2D eigenvalue weighted by atomic mass is 16.5. The lowest BCUT2D eigenvalue weighted by molar-refractivity contribution is 0.160. The van der Waals surface area contributed by atoms with Crippen molar-refractivity contribution < 1.29 is 4.74 Å². The lowest BCUT2D eigenvalue weighted by atomic mass is 9.87. The Hall–Kier alpha value is -1.69. The summed E-state index contributed by atoms with van der Waals surface area (Å²) in [5.41, 5.74) is 2.02. The highest BCUT2D eigenvalue weighted by Gasteiger charge is 2.42. The predicted octanol–water partition coefficient (Wildman–Crippen LogP) is 0.970. The van der Waals surface area contributed by atoms with Crippen LogP contribution in [0.4, 0.5) is 5.82 Å². The SMILES string of the molecule is c1nc(N2CCC3(CCOC3)C2)c2[nH]cnc2n1. The molecular formula is C12H15N5O. The summed E-state index contributed by atoms with van der Waals surface area (Å²) < 4.78 is 5.56. The molecule has 6 nitrogen and oxygen atoms in total. The number of imidazole rings is 1. The summed E-state index contributed by atoms with van der Waals surface area (Å²) in [6.07, 6.45) is 5.62. The summed E-state index contributed by atoms with van der Waals surface area (Å²) in [4.78, 5) is 18.2. The van der Waals surface area contributed by atoms with E-state index in [0.717, 1.165) is 43.3 Å². The van der Waals surface area contributed by atoms with Gasteiger partial charge in [0.15, 0.2) is 11.5 Å². The van der Waals surface area contributed by atoms with Crippen molar-refractivity contribution in [3.8, 4) is 0 Å². The molecule has 1 unspecified atom stereocenters. The number of aromatic nitrogens is 4. The third kappa shape index (κ3) is 1.42. The van der Waals surface area contributed by atoms with Crippen molar-refractivity contribution in [1.82, 2.24) is 19.9 Å². The minimum absolute atomic E-state index is 0.345. The molecule has 0 aromatic carbocycles. The number of hydrogen-bond donors (Lipinski definition) is 1. The van der Waals surface area contributed by atoms with Crippen molar-refractivity contribution in [3.05, 3.63) is 12.7 Å². The quantitative estimate of drug-likeness (QED) is 0.811. The van der Waals surface area contributed by atoms with Crippen molar-refractivity contribution in [2.24, 2.45) is 5.41 Å². The molecule has 4 heterocycles. The smallest absolute Gasteiger partial charge is 0.182 e. The highest BCUT2D eigenvalue weighted by molar-refractivity contribution is 5.82. The summed E-state index contributed by atoms with van der Waals surface area (Å²) >= 11 is 0. The van der Waals surface area contributed by atoms with Gasteiger partial charge in [-0.3, -0.25) is 0 Å². The van der Waals surface area contributed by atoms with E-state index >= 15 is 0 Å². The van der Waals surface area contributed by atoms with E-state index < -0.39 is 0 Å². The van der Waals surface area contributed by atoms with Gasteiger partial charge < -0.3 is 14.6 Å². The van der Waals surface area contributed by atoms with Crippen LogP contribution in [-0.4, -0.2) is 46.2 Å². The standard InChI is InChI=1S/C12H15N5O/c1-3-17(5-12(1)2-4-18-6-12)11-9-10(14-7-13-9)15-8-16-11/h7-8H,1-6H2,(H,13,14,15,16). The van der Waals surface area contributed by atoms with Crippen LogP contribution in [0.2, 0.25) is 0 Å². The van der Waals surface area contributed by atoms with E-state index in [1.807, 2.05) is 0 Å². The van der Waals surface area contributed by atoms with Crippen LogP contribution in [0.1, 0.15) is 12.8 Å². The number of fused-ring (bicyclic) bond motifs is 1. The summed E-state index contributed by atoms with van der Waals surface area (Å²) in [6, 6.07) is 0. The van der Waals surface area contributed by atoms with Crippen LogP contribution in [0.25, 0.3) is 11.2 Å². The Morgan fingerprint density at radius 1 is 1.28 bits per heavy atom. The van der Waals surface area contributed by atoms with Crippen molar-refractivity contribution in [2.75, 3.05) is 31.2 Å². The van der Waals surface area contributed by atoms with Crippen molar-refractivity contribution in [1.29, 1.82) is 0 Å². The minimum Gasteiger partial charge on any atom is -0.381 e. The zero-order valence-corrected chi connectivity index (χ0v) is 10.1. The third-order valence-corrected chi connectivity index (χ3v) is 4.13. The van der Waals surface area contributed by atoms with Crippen molar-refractivity contribution in [2.45, 2.75) is 12.8 Å². The van der Waals surface area contributed by atoms with Crippen LogP contribution in [0.5, 0.6) is 0 Å². The Morgan fingerprint density at radius 2 is 2.28 bits per heavy atom. The Morgan fingerprint density at radius 3 is 3.17 bits per heavy atom. The van der Waals surface area contributed by atoms with E-state index in [9.17, 15) is 0 Å². The van der Waals surface area contributed by atoms with Gasteiger partial charge in [0.1, 0.15) is 11.8 Å². The molecule has 6 heteroatoms. The number of nitrogens with one attached hydrogen (secondary N) is 1. The van der Waals surface area contributed by atoms with E-state index in [4.69, 9.17) is 4.74 Å². The second-order valence-electron chi connectivity index (χ2n) is 5.27. The van der Waals surface area contributed by atoms with Crippen LogP contribution in [-0.2, 0) is 4.74 Å². The maximum Gasteiger partial charge on any atom is 0.182 e. The van der Waals surface area contributed by atoms with Crippen molar-refractivity contribution >= 4 is 17.0 Å². The number of aromatic amines is 1. The van der Waals surface area contributed by atoms with Gasteiger partial charge in [0.2, 0.25) is 0 Å². The molecule has 1 spiro atoms. The first kappa shape index (κ1) is 10.3. The van der Waals surface area contributed by atoms with Gasteiger partial charge in [-0.2, -0.15) is 0 Å². The van der Waals surface area contributed by atoms with Crippen LogP contribution >= 0.6 is 0 Å². The molecule has 1 atom stereocenters. The molecule has 0 radical (unpaired) electrons. The maximum absolute atomic E-state index is 5.56. The first-order chi connectivity index (χ1) is 8.86. The molecule has 2 aliphatic rings. The lowest BCUT2D eigenvalue weighted by Gasteiger charge is -2.22. The Labute approximate surface area is 104 Å². The van der Waals surface area contributed by atoms with E-state index in [1.54, 1.807) is 12.7 Å². The van der Waals surface area contributed by atoms with Crippen LogP contribution in [0.15, 0.2) is 12.7 Å². The molecule has 0 amide bonds. The third-order valence-electron chi connectivity index (χ3n) is 4.13. The fourth-order valence-electron chi connectivity index (χ4n) is 3.08. The molecule has 0 aliphatic carbocycles. The normalized spacial score (nSPS) is 27.7. The van der Waals surface area contributed by atoms with Gasteiger partial charge in [0.05, 0.1) is 12.9 Å². The van der Waals surface area contributed by atoms with Crippen molar-refractivity contribution in [3.63, 3.8) is 0 Å². The predicted molar refractivity (Wildman–Crippen MR) is 66.4 cm³/mol. The Kier molecular flexibility index (Phi) is 2.08. The second kappa shape index (κ2) is 3.65. The van der Waals surface area contributed by atoms with Gasteiger partial charge in [-0.05, 0) is 12.8 Å². The molecule has 2 aromatic heterocycles. The summed E-state index contributed by atoms with van der Waals surface area (Å²) in [6.45, 7) is 3.85. The summed E-state index contributed by atoms with van der Waals surface area (Å²) in [5, 5.41) is 0. The number of anilines is 1. The maximum atomic E-state index is 5.56. The zero-order valence-electron chi connectivity index (χ0n) is 10.1. The molecule has 0 saturated carbocycles. The number of rotatable bonds is 1. The fraction of sp³-hybridized carbons (Fsp3) is 0.583. The topological polar surface area (TPSA) is 66.9 Å². The van der Waals surface area contributed by atoms with Gasteiger partial charge in [0, 0.05) is 25.1 Å². The molecule has 94 valence electrons. The van der Waals surface area contributed by atoms with Gasteiger partial charge in [0.25, 0.3) is 0 Å². The number of H-pyrrole nitrogens is 1.